The first-order chi connectivity index (χ1) is 15.0. The van der Waals surface area contributed by atoms with Crippen molar-refractivity contribution in [1.29, 1.82) is 0 Å². The lowest BCUT2D eigenvalue weighted by Gasteiger charge is -2.30. The highest BCUT2D eigenvalue weighted by Crippen LogP contribution is 2.34. The third kappa shape index (κ3) is 4.43. The third-order valence-corrected chi connectivity index (χ3v) is 6.63. The topological polar surface area (TPSA) is 63.1 Å². The first-order valence-electron chi connectivity index (χ1n) is 10.8. The quantitative estimate of drug-likeness (QED) is 0.433. The Morgan fingerprint density at radius 3 is 2.77 bits per heavy atom. The molecule has 0 saturated carbocycles. The SMILES string of the molecule is NCCCCCCNC(=O)CCc1ccc2n1[B-](F)(F)[N+]1=C(c3cccs3)C=CC1=C2. The fourth-order valence-electron chi connectivity index (χ4n) is 4.21. The molecule has 0 radical (unpaired) electrons. The average Bonchev–Trinajstić information content (AvgIpc) is 3.48. The fourth-order valence-corrected chi connectivity index (χ4v) is 4.96. The number of hydrogen-bond donors (Lipinski definition) is 2. The number of amides is 1. The van der Waals surface area contributed by atoms with Gasteiger partial charge in [0.2, 0.25) is 5.91 Å². The number of unbranched alkanes of at least 4 members (excludes halogenated alkanes) is 3. The number of nitrogens with one attached hydrogen (secondary N) is 1. The van der Waals surface area contributed by atoms with Crippen LogP contribution in [0.5, 0.6) is 0 Å². The molecule has 4 heterocycles. The number of thiophene rings is 1. The average molecular weight is 444 g/mol. The molecule has 2 aliphatic heterocycles. The van der Waals surface area contributed by atoms with Gasteiger partial charge in [-0.1, -0.05) is 18.9 Å². The van der Waals surface area contributed by atoms with Crippen LogP contribution in [0.2, 0.25) is 0 Å². The van der Waals surface area contributed by atoms with Gasteiger partial charge < -0.3 is 28.6 Å². The second-order valence-corrected chi connectivity index (χ2v) is 8.84. The van der Waals surface area contributed by atoms with Gasteiger partial charge in [-0.3, -0.25) is 4.79 Å². The van der Waals surface area contributed by atoms with Gasteiger partial charge >= 0.3 is 6.97 Å². The molecule has 0 atom stereocenters. The monoisotopic (exact) mass is 444 g/mol. The molecular weight excluding hydrogens is 417 g/mol. The second kappa shape index (κ2) is 9.32. The summed E-state index contributed by atoms with van der Waals surface area (Å²) in [4.78, 5) is 13.0. The summed E-state index contributed by atoms with van der Waals surface area (Å²) in [6.07, 6.45) is 9.72. The van der Waals surface area contributed by atoms with Crippen molar-refractivity contribution in [2.75, 3.05) is 13.1 Å². The number of fused-ring (bicyclic) bond motifs is 2. The predicted molar refractivity (Wildman–Crippen MR) is 122 cm³/mol. The minimum Gasteiger partial charge on any atom is -0.394 e. The van der Waals surface area contributed by atoms with Crippen molar-refractivity contribution < 1.29 is 17.9 Å². The standard InChI is InChI=1S/C22H27BF2N4OS/c24-23(25)28-17(10-12-22(30)27-14-4-2-1-3-13-26)7-8-18(28)16-19-9-11-20(29(19)23)21-6-5-15-31-21/h5-9,11,15-16H,1-4,10,12-14,26H2,(H,27,30). The number of carbonyl (C=O) groups excluding carboxylic acids is 1. The maximum absolute atomic E-state index is 15.7. The fraction of sp³-hybridized carbons (Fsp3) is 0.364. The molecule has 0 unspecified atom stereocenters. The van der Waals surface area contributed by atoms with Crippen LogP contribution in [0.1, 0.15) is 48.4 Å². The zero-order valence-electron chi connectivity index (χ0n) is 17.4. The summed E-state index contributed by atoms with van der Waals surface area (Å²) < 4.78 is 33.7. The lowest BCUT2D eigenvalue weighted by Crippen LogP contribution is -2.50. The molecule has 0 aromatic carbocycles. The highest BCUT2D eigenvalue weighted by molar-refractivity contribution is 7.12. The Morgan fingerprint density at radius 2 is 2.00 bits per heavy atom. The smallest absolute Gasteiger partial charge is 0.394 e. The number of rotatable bonds is 10. The highest BCUT2D eigenvalue weighted by Gasteiger charge is 2.52. The number of hydrogen-bond acceptors (Lipinski definition) is 3. The molecular formula is C22H27BF2N4OS. The van der Waals surface area contributed by atoms with Gasteiger partial charge in [0, 0.05) is 36.9 Å². The van der Waals surface area contributed by atoms with E-state index in [4.69, 9.17) is 5.73 Å². The Kier molecular flexibility index (Phi) is 6.53. The molecule has 4 rings (SSSR count). The first-order valence-corrected chi connectivity index (χ1v) is 11.7. The maximum Gasteiger partial charge on any atom is 0.737 e. The van der Waals surface area contributed by atoms with Crippen LogP contribution >= 0.6 is 11.3 Å². The van der Waals surface area contributed by atoms with E-state index in [1.165, 1.54) is 11.3 Å². The molecule has 0 aliphatic carbocycles. The number of nitrogens with two attached hydrogens (primary N) is 1. The van der Waals surface area contributed by atoms with E-state index in [1.807, 2.05) is 17.5 Å². The molecule has 0 bridgehead atoms. The molecule has 0 saturated heterocycles. The normalized spacial score (nSPS) is 16.3. The van der Waals surface area contributed by atoms with Crippen LogP contribution in [0.3, 0.4) is 0 Å². The van der Waals surface area contributed by atoms with E-state index in [0.717, 1.165) is 39.5 Å². The Morgan fingerprint density at radius 1 is 1.16 bits per heavy atom. The summed E-state index contributed by atoms with van der Waals surface area (Å²) in [6.45, 7) is -2.74. The minimum atomic E-state index is -4.05. The Labute approximate surface area is 185 Å². The van der Waals surface area contributed by atoms with Crippen LogP contribution in [-0.2, 0) is 11.2 Å². The van der Waals surface area contributed by atoms with Crippen LogP contribution in [0.25, 0.3) is 6.08 Å². The van der Waals surface area contributed by atoms with Crippen molar-refractivity contribution >= 4 is 36.0 Å². The lowest BCUT2D eigenvalue weighted by atomic mass is 9.90. The number of aryl methyl sites for hydroxylation is 1. The molecule has 2 aromatic heterocycles. The summed E-state index contributed by atoms with van der Waals surface area (Å²) in [5, 5.41) is 4.77. The summed E-state index contributed by atoms with van der Waals surface area (Å²) in [7, 11) is 0. The Hall–Kier alpha value is -2.52. The van der Waals surface area contributed by atoms with Gasteiger partial charge in [-0.15, -0.1) is 11.3 Å². The predicted octanol–water partition coefficient (Wildman–Crippen LogP) is 3.77. The Bertz CT molecular complexity index is 1040. The van der Waals surface area contributed by atoms with Gasteiger partial charge in [0.05, 0.1) is 4.88 Å². The molecule has 164 valence electrons. The summed E-state index contributed by atoms with van der Waals surface area (Å²) in [5.74, 6) is -0.106. The molecule has 3 N–H and O–H groups in total. The summed E-state index contributed by atoms with van der Waals surface area (Å²) in [6, 6.07) is 7.13. The van der Waals surface area contributed by atoms with Crippen LogP contribution in [0.4, 0.5) is 8.63 Å². The zero-order chi connectivity index (χ0) is 21.8. The second-order valence-electron chi connectivity index (χ2n) is 7.90. The van der Waals surface area contributed by atoms with Crippen molar-refractivity contribution in [3.63, 3.8) is 0 Å². The maximum atomic E-state index is 15.7. The van der Waals surface area contributed by atoms with Crippen molar-refractivity contribution in [2.24, 2.45) is 5.73 Å². The van der Waals surface area contributed by atoms with E-state index >= 15 is 8.63 Å². The van der Waals surface area contributed by atoms with Crippen molar-refractivity contribution in [1.82, 2.24) is 9.79 Å². The summed E-state index contributed by atoms with van der Waals surface area (Å²) >= 11 is 1.44. The van der Waals surface area contributed by atoms with E-state index in [0.29, 0.717) is 35.9 Å². The number of allylic oxidation sites excluding steroid dienone is 2. The lowest BCUT2D eigenvalue weighted by molar-refractivity contribution is -0.360. The molecule has 0 spiro atoms. The minimum absolute atomic E-state index is 0.106. The number of halogens is 2. The Balaban J connectivity index is 1.45. The van der Waals surface area contributed by atoms with E-state index < -0.39 is 6.97 Å². The molecule has 0 fully saturated rings. The largest absolute Gasteiger partial charge is 0.737 e. The van der Waals surface area contributed by atoms with Crippen LogP contribution in [-0.4, -0.2) is 40.6 Å². The molecule has 1 amide bonds. The highest BCUT2D eigenvalue weighted by atomic mass is 32.1. The van der Waals surface area contributed by atoms with Gasteiger partial charge in [0.15, 0.2) is 11.4 Å². The third-order valence-electron chi connectivity index (χ3n) is 5.74. The summed E-state index contributed by atoms with van der Waals surface area (Å²) in [5.41, 5.74) is 7.44. The molecule has 2 aromatic rings. The van der Waals surface area contributed by atoms with Gasteiger partial charge in [-0.25, -0.2) is 0 Å². The molecule has 2 aliphatic rings. The van der Waals surface area contributed by atoms with Crippen LogP contribution in [0, 0.1) is 0 Å². The van der Waals surface area contributed by atoms with E-state index in [1.54, 1.807) is 30.4 Å². The van der Waals surface area contributed by atoms with E-state index in [-0.39, 0.29) is 18.7 Å². The first kappa shape index (κ1) is 21.7. The number of aromatic nitrogens is 1. The number of nitrogens with zero attached hydrogens (tertiary/aromatic N) is 2. The van der Waals surface area contributed by atoms with Crippen molar-refractivity contribution in [3.05, 3.63) is 63.8 Å². The molecule has 5 nitrogen and oxygen atoms in total. The van der Waals surface area contributed by atoms with Gasteiger partial charge in [0.1, 0.15) is 0 Å². The van der Waals surface area contributed by atoms with Crippen LogP contribution in [0.15, 0.2) is 47.5 Å². The van der Waals surface area contributed by atoms with Crippen molar-refractivity contribution in [2.45, 2.75) is 38.5 Å². The van der Waals surface area contributed by atoms with Crippen LogP contribution < -0.4 is 11.1 Å². The van der Waals surface area contributed by atoms with Gasteiger partial charge in [-0.05, 0) is 55.1 Å². The van der Waals surface area contributed by atoms with E-state index in [2.05, 4.69) is 5.32 Å². The van der Waals surface area contributed by atoms with Gasteiger partial charge in [-0.2, -0.15) is 0 Å². The van der Waals surface area contributed by atoms with Gasteiger partial charge in [0.25, 0.3) is 0 Å². The number of carbonyl (C=O) groups is 1. The van der Waals surface area contributed by atoms with E-state index in [9.17, 15) is 4.79 Å². The molecule has 31 heavy (non-hydrogen) atoms. The molecule has 9 heteroatoms. The zero-order valence-corrected chi connectivity index (χ0v) is 18.2. The van der Waals surface area contributed by atoms with Crippen molar-refractivity contribution in [3.8, 4) is 0 Å².